The Morgan fingerprint density at radius 1 is 1.13 bits per heavy atom. The molecule has 1 amide bonds. The SMILES string of the molecule is CCOc1ccccc1N(CC(=O)N/N=C\c1c(O)ccc2ccccc12)S(C)(=O)=O. The number of para-hydroxylation sites is 2. The number of nitrogens with one attached hydrogen (secondary N) is 1. The number of carbonyl (C=O) groups excluding carboxylic acids is 1. The van der Waals surface area contributed by atoms with Crippen LogP contribution in [-0.2, 0) is 14.8 Å². The molecule has 31 heavy (non-hydrogen) atoms. The van der Waals surface area contributed by atoms with Crippen molar-refractivity contribution < 1.29 is 23.1 Å². The maximum absolute atomic E-state index is 12.4. The minimum atomic E-state index is -3.77. The van der Waals surface area contributed by atoms with Gasteiger partial charge in [-0.3, -0.25) is 9.10 Å². The fourth-order valence-electron chi connectivity index (χ4n) is 3.08. The smallest absolute Gasteiger partial charge is 0.260 e. The third kappa shape index (κ3) is 5.32. The van der Waals surface area contributed by atoms with Gasteiger partial charge in [-0.15, -0.1) is 0 Å². The summed E-state index contributed by atoms with van der Waals surface area (Å²) in [6.07, 6.45) is 2.34. The van der Waals surface area contributed by atoms with E-state index in [0.29, 0.717) is 17.9 Å². The highest BCUT2D eigenvalue weighted by Crippen LogP contribution is 2.29. The predicted molar refractivity (Wildman–Crippen MR) is 121 cm³/mol. The minimum absolute atomic E-state index is 0.0140. The lowest BCUT2D eigenvalue weighted by Gasteiger charge is -2.23. The molecule has 3 aromatic carbocycles. The Kier molecular flexibility index (Phi) is 6.76. The molecule has 9 heteroatoms. The molecule has 0 spiro atoms. The van der Waals surface area contributed by atoms with Crippen molar-refractivity contribution in [3.8, 4) is 11.5 Å². The van der Waals surface area contributed by atoms with Crippen molar-refractivity contribution >= 4 is 38.6 Å². The quantitative estimate of drug-likeness (QED) is 0.413. The zero-order valence-electron chi connectivity index (χ0n) is 17.1. The number of nitrogens with zero attached hydrogens (tertiary/aromatic N) is 2. The number of hydrazone groups is 1. The average Bonchev–Trinajstić information content (AvgIpc) is 2.74. The van der Waals surface area contributed by atoms with Crippen molar-refractivity contribution in [1.82, 2.24) is 5.43 Å². The van der Waals surface area contributed by atoms with Crippen molar-refractivity contribution in [3.63, 3.8) is 0 Å². The molecule has 3 rings (SSSR count). The third-order valence-electron chi connectivity index (χ3n) is 4.45. The number of carbonyl (C=O) groups is 1. The Morgan fingerprint density at radius 3 is 2.58 bits per heavy atom. The Bertz CT molecular complexity index is 1220. The number of benzene rings is 3. The topological polar surface area (TPSA) is 108 Å². The average molecular weight is 442 g/mol. The highest BCUT2D eigenvalue weighted by Gasteiger charge is 2.23. The van der Waals surface area contributed by atoms with Crippen molar-refractivity contribution in [2.24, 2.45) is 5.10 Å². The van der Waals surface area contributed by atoms with Gasteiger partial charge in [0.1, 0.15) is 18.0 Å². The Balaban J connectivity index is 1.80. The number of aromatic hydroxyl groups is 1. The number of phenolic OH excluding ortho intramolecular Hbond substituents is 1. The molecule has 0 aliphatic rings. The van der Waals surface area contributed by atoms with Crippen LogP contribution in [0, 0.1) is 0 Å². The summed E-state index contributed by atoms with van der Waals surface area (Å²) in [5.74, 6) is -0.278. The zero-order chi connectivity index (χ0) is 22.4. The summed E-state index contributed by atoms with van der Waals surface area (Å²) in [7, 11) is -3.77. The van der Waals surface area contributed by atoms with Gasteiger partial charge in [-0.1, -0.05) is 42.5 Å². The first-order valence-corrected chi connectivity index (χ1v) is 11.4. The van der Waals surface area contributed by atoms with E-state index in [1.54, 1.807) is 43.3 Å². The van der Waals surface area contributed by atoms with Gasteiger partial charge < -0.3 is 9.84 Å². The molecule has 0 fully saturated rings. The van der Waals surface area contributed by atoms with Crippen LogP contribution in [0.1, 0.15) is 12.5 Å². The summed E-state index contributed by atoms with van der Waals surface area (Å²) in [6, 6.07) is 17.3. The van der Waals surface area contributed by atoms with Crippen LogP contribution >= 0.6 is 0 Å². The predicted octanol–water partition coefficient (Wildman–Crippen LogP) is 2.86. The van der Waals surface area contributed by atoms with Crippen molar-refractivity contribution in [3.05, 3.63) is 66.2 Å². The lowest BCUT2D eigenvalue weighted by Crippen LogP contribution is -2.39. The number of hydrogen-bond donors (Lipinski definition) is 2. The summed E-state index contributed by atoms with van der Waals surface area (Å²) >= 11 is 0. The summed E-state index contributed by atoms with van der Waals surface area (Å²) in [5, 5.41) is 15.7. The largest absolute Gasteiger partial charge is 0.507 e. The van der Waals surface area contributed by atoms with Gasteiger partial charge in [-0.05, 0) is 35.9 Å². The summed E-state index contributed by atoms with van der Waals surface area (Å²) in [5.41, 5.74) is 3.03. The van der Waals surface area contributed by atoms with E-state index < -0.39 is 22.5 Å². The number of sulfonamides is 1. The van der Waals surface area contributed by atoms with Crippen LogP contribution in [0.15, 0.2) is 65.8 Å². The highest BCUT2D eigenvalue weighted by molar-refractivity contribution is 7.92. The van der Waals surface area contributed by atoms with E-state index in [0.717, 1.165) is 21.3 Å². The molecule has 0 aromatic heterocycles. The Hall–Kier alpha value is -3.59. The van der Waals surface area contributed by atoms with Gasteiger partial charge >= 0.3 is 0 Å². The van der Waals surface area contributed by atoms with Gasteiger partial charge in [0.05, 0.1) is 24.8 Å². The van der Waals surface area contributed by atoms with Crippen LogP contribution in [0.5, 0.6) is 11.5 Å². The van der Waals surface area contributed by atoms with E-state index >= 15 is 0 Å². The van der Waals surface area contributed by atoms with E-state index in [9.17, 15) is 18.3 Å². The second-order valence-electron chi connectivity index (χ2n) is 6.68. The lowest BCUT2D eigenvalue weighted by atomic mass is 10.0. The molecule has 0 unspecified atom stereocenters. The molecule has 0 radical (unpaired) electrons. The van der Waals surface area contributed by atoms with Crippen LogP contribution in [-0.4, -0.2) is 45.1 Å². The maximum atomic E-state index is 12.4. The van der Waals surface area contributed by atoms with Gasteiger partial charge in [0, 0.05) is 5.56 Å². The van der Waals surface area contributed by atoms with E-state index in [4.69, 9.17) is 4.74 Å². The van der Waals surface area contributed by atoms with Crippen molar-refractivity contribution in [2.75, 3.05) is 23.7 Å². The molecular formula is C22H23N3O5S. The van der Waals surface area contributed by atoms with Gasteiger partial charge in [0.15, 0.2) is 0 Å². The Morgan fingerprint density at radius 2 is 1.84 bits per heavy atom. The molecular weight excluding hydrogens is 418 g/mol. The monoisotopic (exact) mass is 441 g/mol. The molecule has 8 nitrogen and oxygen atoms in total. The number of rotatable bonds is 8. The van der Waals surface area contributed by atoms with Crippen LogP contribution in [0.3, 0.4) is 0 Å². The van der Waals surface area contributed by atoms with Crippen LogP contribution in [0.4, 0.5) is 5.69 Å². The van der Waals surface area contributed by atoms with E-state index in [1.165, 1.54) is 6.21 Å². The molecule has 162 valence electrons. The number of amides is 1. The van der Waals surface area contributed by atoms with Crippen LogP contribution in [0.2, 0.25) is 0 Å². The first-order chi connectivity index (χ1) is 14.8. The summed E-state index contributed by atoms with van der Waals surface area (Å²) in [6.45, 7) is 1.65. The Labute approximate surface area is 180 Å². The molecule has 0 aliphatic carbocycles. The fraction of sp³-hybridized carbons (Fsp3) is 0.182. The number of hydrogen-bond acceptors (Lipinski definition) is 6. The second kappa shape index (κ2) is 9.48. The molecule has 0 bridgehead atoms. The van der Waals surface area contributed by atoms with Gasteiger partial charge in [0.2, 0.25) is 10.0 Å². The first kappa shape index (κ1) is 22.1. The van der Waals surface area contributed by atoms with Gasteiger partial charge in [0.25, 0.3) is 5.91 Å². The summed E-state index contributed by atoms with van der Waals surface area (Å²) < 4.78 is 31.1. The molecule has 3 aromatic rings. The van der Waals surface area contributed by atoms with E-state index in [-0.39, 0.29) is 11.4 Å². The molecule has 0 saturated heterocycles. The number of ether oxygens (including phenoxy) is 1. The van der Waals surface area contributed by atoms with E-state index in [1.807, 2.05) is 24.3 Å². The van der Waals surface area contributed by atoms with Crippen LogP contribution < -0.4 is 14.5 Å². The lowest BCUT2D eigenvalue weighted by molar-refractivity contribution is -0.119. The molecule has 0 saturated carbocycles. The highest BCUT2D eigenvalue weighted by atomic mass is 32.2. The van der Waals surface area contributed by atoms with Crippen LogP contribution in [0.25, 0.3) is 10.8 Å². The molecule has 0 atom stereocenters. The standard InChI is InChI=1S/C22H23N3O5S/c1-3-30-21-11-7-6-10-19(21)25(31(2,28)29)15-22(27)24-23-14-18-17-9-5-4-8-16(17)12-13-20(18)26/h4-14,26H,3,15H2,1-2H3,(H,24,27)/b23-14-. The fourth-order valence-corrected chi connectivity index (χ4v) is 3.94. The molecule has 0 heterocycles. The van der Waals surface area contributed by atoms with Crippen molar-refractivity contribution in [2.45, 2.75) is 6.92 Å². The molecule has 2 N–H and O–H groups in total. The van der Waals surface area contributed by atoms with Crippen molar-refractivity contribution in [1.29, 1.82) is 0 Å². The van der Waals surface area contributed by atoms with Gasteiger partial charge in [-0.25, -0.2) is 13.8 Å². The second-order valence-corrected chi connectivity index (χ2v) is 8.59. The number of anilines is 1. The van der Waals surface area contributed by atoms with E-state index in [2.05, 4.69) is 10.5 Å². The maximum Gasteiger partial charge on any atom is 0.260 e. The zero-order valence-corrected chi connectivity index (χ0v) is 18.0. The summed E-state index contributed by atoms with van der Waals surface area (Å²) in [4.78, 5) is 12.4. The van der Waals surface area contributed by atoms with Gasteiger partial charge in [-0.2, -0.15) is 5.10 Å². The third-order valence-corrected chi connectivity index (χ3v) is 5.58. The normalized spacial score (nSPS) is 11.5. The first-order valence-electron chi connectivity index (χ1n) is 9.53. The number of fused-ring (bicyclic) bond motifs is 1. The minimum Gasteiger partial charge on any atom is -0.507 e. The molecule has 0 aliphatic heterocycles. The number of phenols is 1.